The maximum Gasteiger partial charge on any atom is 0.257 e. The van der Waals surface area contributed by atoms with Gasteiger partial charge < -0.3 is 20.1 Å². The van der Waals surface area contributed by atoms with Crippen molar-refractivity contribution < 1.29 is 19.1 Å². The average Bonchev–Trinajstić information content (AvgIpc) is 2.76. The zero-order valence-corrected chi connectivity index (χ0v) is 18.4. The third-order valence-electron chi connectivity index (χ3n) is 4.31. The molecule has 3 aromatic rings. The molecule has 0 aliphatic carbocycles. The largest absolute Gasteiger partial charge is 0.497 e. The lowest BCUT2D eigenvalue weighted by Crippen LogP contribution is -2.19. The van der Waals surface area contributed by atoms with Crippen molar-refractivity contribution in [3.05, 3.63) is 81.8 Å². The van der Waals surface area contributed by atoms with Crippen molar-refractivity contribution in [2.45, 2.75) is 6.92 Å². The molecule has 0 radical (unpaired) electrons. The molecular formula is C23H20Cl2N2O4. The molecule has 0 heterocycles. The molecule has 3 aromatic carbocycles. The second-order valence-electron chi connectivity index (χ2n) is 6.40. The number of halogens is 2. The lowest BCUT2D eigenvalue weighted by Gasteiger charge is -2.14. The van der Waals surface area contributed by atoms with Crippen LogP contribution in [-0.2, 0) is 0 Å². The molecule has 8 heteroatoms. The number of nitrogens with one attached hydrogen (secondary N) is 2. The summed E-state index contributed by atoms with van der Waals surface area (Å²) in [5.74, 6) is 0.413. The van der Waals surface area contributed by atoms with E-state index in [0.29, 0.717) is 29.4 Å². The van der Waals surface area contributed by atoms with E-state index in [2.05, 4.69) is 10.6 Å². The van der Waals surface area contributed by atoms with Crippen LogP contribution >= 0.6 is 23.2 Å². The molecule has 6 nitrogen and oxygen atoms in total. The van der Waals surface area contributed by atoms with Crippen LogP contribution in [0.15, 0.2) is 60.7 Å². The molecule has 0 spiro atoms. The van der Waals surface area contributed by atoms with Crippen LogP contribution in [0.2, 0.25) is 10.0 Å². The Morgan fingerprint density at radius 2 is 1.52 bits per heavy atom. The minimum absolute atomic E-state index is 0.133. The molecule has 0 saturated heterocycles. The summed E-state index contributed by atoms with van der Waals surface area (Å²) in [4.78, 5) is 25.6. The molecule has 0 fully saturated rings. The third kappa shape index (κ3) is 5.69. The summed E-state index contributed by atoms with van der Waals surface area (Å²) < 4.78 is 10.5. The van der Waals surface area contributed by atoms with E-state index in [1.54, 1.807) is 48.5 Å². The van der Waals surface area contributed by atoms with E-state index in [1.165, 1.54) is 19.2 Å². The lowest BCUT2D eigenvalue weighted by molar-refractivity contribution is 0.102. The number of carbonyl (C=O) groups is 2. The fourth-order valence-corrected chi connectivity index (χ4v) is 3.35. The molecular weight excluding hydrogens is 439 g/mol. The number of anilines is 2. The minimum atomic E-state index is -0.474. The molecule has 0 atom stereocenters. The number of benzene rings is 3. The summed E-state index contributed by atoms with van der Waals surface area (Å²) in [7, 11) is 1.54. The maximum atomic E-state index is 12.9. The standard InChI is InChI=1S/C23H20Cl2N2O4/c1-3-31-18-10-6-16(7-11-18)26-23(29)19-12-15(24)13-20(25)21(19)27-22(28)14-4-8-17(30-2)9-5-14/h4-13H,3H2,1-2H3,(H,26,29)(H,27,28). The molecule has 0 aliphatic heterocycles. The summed E-state index contributed by atoms with van der Waals surface area (Å²) in [6, 6.07) is 16.4. The van der Waals surface area contributed by atoms with Crippen LogP contribution in [0.3, 0.4) is 0 Å². The van der Waals surface area contributed by atoms with Crippen molar-refractivity contribution in [3.63, 3.8) is 0 Å². The van der Waals surface area contributed by atoms with Gasteiger partial charge >= 0.3 is 0 Å². The first-order valence-corrected chi connectivity index (χ1v) is 10.2. The van der Waals surface area contributed by atoms with Gasteiger partial charge in [-0.1, -0.05) is 23.2 Å². The van der Waals surface area contributed by atoms with Gasteiger partial charge in [-0.25, -0.2) is 0 Å². The highest BCUT2D eigenvalue weighted by Gasteiger charge is 2.19. The summed E-state index contributed by atoms with van der Waals surface area (Å²) in [6.45, 7) is 2.43. The van der Waals surface area contributed by atoms with Gasteiger partial charge in [0.25, 0.3) is 11.8 Å². The van der Waals surface area contributed by atoms with Crippen molar-refractivity contribution in [1.82, 2.24) is 0 Å². The van der Waals surface area contributed by atoms with Gasteiger partial charge in [-0.05, 0) is 67.6 Å². The van der Waals surface area contributed by atoms with Gasteiger partial charge in [0.15, 0.2) is 0 Å². The number of rotatable bonds is 7. The SMILES string of the molecule is CCOc1ccc(NC(=O)c2cc(Cl)cc(Cl)c2NC(=O)c2ccc(OC)cc2)cc1. The monoisotopic (exact) mass is 458 g/mol. The van der Waals surface area contributed by atoms with Crippen molar-refractivity contribution in [2.75, 3.05) is 24.4 Å². The van der Waals surface area contributed by atoms with Crippen LogP contribution in [0.1, 0.15) is 27.6 Å². The highest BCUT2D eigenvalue weighted by molar-refractivity contribution is 6.38. The fourth-order valence-electron chi connectivity index (χ4n) is 2.81. The molecule has 2 N–H and O–H groups in total. The van der Waals surface area contributed by atoms with Crippen LogP contribution in [0.25, 0.3) is 0 Å². The number of methoxy groups -OCH3 is 1. The van der Waals surface area contributed by atoms with E-state index < -0.39 is 11.8 Å². The van der Waals surface area contributed by atoms with E-state index in [0.717, 1.165) is 0 Å². The molecule has 0 bridgehead atoms. The summed E-state index contributed by atoms with van der Waals surface area (Å²) in [5.41, 5.74) is 1.23. The van der Waals surface area contributed by atoms with Gasteiger partial charge in [-0.2, -0.15) is 0 Å². The zero-order valence-electron chi connectivity index (χ0n) is 16.9. The van der Waals surface area contributed by atoms with Crippen LogP contribution < -0.4 is 20.1 Å². The number of hydrogen-bond donors (Lipinski definition) is 2. The summed E-state index contributed by atoms with van der Waals surface area (Å²) in [5, 5.41) is 5.88. The molecule has 31 heavy (non-hydrogen) atoms. The normalized spacial score (nSPS) is 10.3. The number of ether oxygens (including phenoxy) is 2. The summed E-state index contributed by atoms with van der Waals surface area (Å²) >= 11 is 12.4. The lowest BCUT2D eigenvalue weighted by atomic mass is 10.1. The van der Waals surface area contributed by atoms with Gasteiger partial charge in [0.2, 0.25) is 0 Å². The minimum Gasteiger partial charge on any atom is -0.497 e. The van der Waals surface area contributed by atoms with Gasteiger partial charge in [-0.15, -0.1) is 0 Å². The van der Waals surface area contributed by atoms with Crippen molar-refractivity contribution in [3.8, 4) is 11.5 Å². The van der Waals surface area contributed by atoms with E-state index in [-0.39, 0.29) is 21.3 Å². The van der Waals surface area contributed by atoms with Crippen molar-refractivity contribution in [1.29, 1.82) is 0 Å². The zero-order chi connectivity index (χ0) is 22.4. The number of amides is 2. The molecule has 160 valence electrons. The summed E-state index contributed by atoms with van der Waals surface area (Å²) in [6.07, 6.45) is 0. The first kappa shape index (κ1) is 22.5. The highest BCUT2D eigenvalue weighted by atomic mass is 35.5. The van der Waals surface area contributed by atoms with E-state index in [9.17, 15) is 9.59 Å². The average molecular weight is 459 g/mol. The number of hydrogen-bond acceptors (Lipinski definition) is 4. The molecule has 0 aliphatic rings. The van der Waals surface area contributed by atoms with Crippen LogP contribution in [0, 0.1) is 0 Å². The van der Waals surface area contributed by atoms with Crippen LogP contribution in [-0.4, -0.2) is 25.5 Å². The first-order valence-electron chi connectivity index (χ1n) is 9.40. The topological polar surface area (TPSA) is 76.7 Å². The van der Waals surface area contributed by atoms with Crippen molar-refractivity contribution in [2.24, 2.45) is 0 Å². The van der Waals surface area contributed by atoms with E-state index >= 15 is 0 Å². The van der Waals surface area contributed by atoms with Gasteiger partial charge in [-0.3, -0.25) is 9.59 Å². The number of carbonyl (C=O) groups excluding carboxylic acids is 2. The molecule has 2 amide bonds. The Bertz CT molecular complexity index is 1080. The predicted molar refractivity (Wildman–Crippen MR) is 123 cm³/mol. The second kappa shape index (κ2) is 10.2. The quantitative estimate of drug-likeness (QED) is 0.461. The van der Waals surface area contributed by atoms with Gasteiger partial charge in [0.1, 0.15) is 11.5 Å². The van der Waals surface area contributed by atoms with Gasteiger partial charge in [0.05, 0.1) is 30.0 Å². The van der Waals surface area contributed by atoms with E-state index in [4.69, 9.17) is 32.7 Å². The van der Waals surface area contributed by atoms with Gasteiger partial charge in [0, 0.05) is 16.3 Å². The predicted octanol–water partition coefficient (Wildman–Crippen LogP) is 5.91. The highest BCUT2D eigenvalue weighted by Crippen LogP contribution is 2.31. The Kier molecular flexibility index (Phi) is 7.39. The Morgan fingerprint density at radius 1 is 0.871 bits per heavy atom. The van der Waals surface area contributed by atoms with Crippen LogP contribution in [0.4, 0.5) is 11.4 Å². The Hall–Kier alpha value is -3.22. The Balaban J connectivity index is 1.84. The molecule has 0 aromatic heterocycles. The van der Waals surface area contributed by atoms with Crippen molar-refractivity contribution >= 4 is 46.4 Å². The molecule has 0 unspecified atom stereocenters. The maximum absolute atomic E-state index is 12.9. The molecule has 3 rings (SSSR count). The van der Waals surface area contributed by atoms with Crippen LogP contribution in [0.5, 0.6) is 11.5 Å². The Morgan fingerprint density at radius 3 is 2.13 bits per heavy atom. The first-order chi connectivity index (χ1) is 14.9. The second-order valence-corrected chi connectivity index (χ2v) is 7.25. The Labute approximate surface area is 190 Å². The third-order valence-corrected chi connectivity index (χ3v) is 4.83. The molecule has 0 saturated carbocycles. The van der Waals surface area contributed by atoms with E-state index in [1.807, 2.05) is 6.92 Å². The fraction of sp³-hybridized carbons (Fsp3) is 0.130. The smallest absolute Gasteiger partial charge is 0.257 e.